The zero-order valence-electron chi connectivity index (χ0n) is 14.6. The Balaban J connectivity index is 2.25. The zero-order valence-corrected chi connectivity index (χ0v) is 14.6. The first-order valence-corrected chi connectivity index (χ1v) is 8.13. The quantitative estimate of drug-likeness (QED) is 0.759. The van der Waals surface area contributed by atoms with Gasteiger partial charge in [-0.3, -0.25) is 0 Å². The Bertz CT molecular complexity index is 696. The number of aliphatic hydroxyl groups is 1. The van der Waals surface area contributed by atoms with Gasteiger partial charge in [0.1, 0.15) is 11.6 Å². The zero-order chi connectivity index (χ0) is 17.9. The normalized spacial score (nSPS) is 13.8. The Morgan fingerprint density at radius 1 is 1.17 bits per heavy atom. The molecule has 0 spiro atoms. The van der Waals surface area contributed by atoms with Gasteiger partial charge in [-0.25, -0.2) is 9.37 Å². The van der Waals surface area contributed by atoms with Gasteiger partial charge in [-0.15, -0.1) is 0 Å². The van der Waals surface area contributed by atoms with Crippen LogP contribution in [0.2, 0.25) is 0 Å². The van der Waals surface area contributed by atoms with E-state index in [1.54, 1.807) is 6.07 Å². The van der Waals surface area contributed by atoms with E-state index in [0.717, 1.165) is 16.7 Å². The van der Waals surface area contributed by atoms with Crippen LogP contribution in [0.5, 0.6) is 5.75 Å². The number of pyridine rings is 1. The van der Waals surface area contributed by atoms with Crippen molar-refractivity contribution in [2.75, 3.05) is 6.61 Å². The number of benzene rings is 1. The lowest BCUT2D eigenvalue weighted by Gasteiger charge is -2.19. The molecular weight excluding hydrogens is 307 g/mol. The number of phenolic OH excluding ortho intramolecular Hbond substituents is 1. The van der Waals surface area contributed by atoms with Crippen LogP contribution < -0.4 is 5.32 Å². The molecule has 130 valence electrons. The minimum absolute atomic E-state index is 0.0537. The third kappa shape index (κ3) is 4.10. The first-order chi connectivity index (χ1) is 11.3. The summed E-state index contributed by atoms with van der Waals surface area (Å²) in [6, 6.07) is 6.80. The molecule has 0 aliphatic carbocycles. The van der Waals surface area contributed by atoms with Crippen LogP contribution in [0.15, 0.2) is 24.3 Å². The summed E-state index contributed by atoms with van der Waals surface area (Å²) in [5.74, 6) is -0.00414. The molecule has 2 atom stereocenters. The van der Waals surface area contributed by atoms with Crippen LogP contribution in [-0.4, -0.2) is 27.8 Å². The number of aliphatic hydroxyl groups excluding tert-OH is 1. The van der Waals surface area contributed by atoms with E-state index in [1.165, 1.54) is 6.07 Å². The Morgan fingerprint density at radius 3 is 2.38 bits per heavy atom. The summed E-state index contributed by atoms with van der Waals surface area (Å²) in [6.07, 6.45) is 0. The summed E-state index contributed by atoms with van der Waals surface area (Å²) < 4.78 is 14.0. The van der Waals surface area contributed by atoms with Gasteiger partial charge >= 0.3 is 0 Å². The molecule has 0 aliphatic rings. The highest BCUT2D eigenvalue weighted by Gasteiger charge is 2.14. The number of aromatic nitrogens is 1. The highest BCUT2D eigenvalue weighted by atomic mass is 19.1. The largest absolute Gasteiger partial charge is 0.507 e. The molecule has 24 heavy (non-hydrogen) atoms. The fourth-order valence-corrected chi connectivity index (χ4v) is 2.49. The smallest absolute Gasteiger partial charge is 0.146 e. The van der Waals surface area contributed by atoms with Gasteiger partial charge in [-0.2, -0.15) is 0 Å². The Kier molecular flexibility index (Phi) is 5.91. The number of rotatable bonds is 6. The van der Waals surface area contributed by atoms with Gasteiger partial charge in [0.25, 0.3) is 0 Å². The molecule has 5 heteroatoms. The van der Waals surface area contributed by atoms with Crippen molar-refractivity contribution in [1.82, 2.24) is 10.3 Å². The van der Waals surface area contributed by atoms with Gasteiger partial charge in [0, 0.05) is 24.8 Å². The summed E-state index contributed by atoms with van der Waals surface area (Å²) in [4.78, 5) is 4.43. The van der Waals surface area contributed by atoms with E-state index in [9.17, 15) is 14.6 Å². The van der Waals surface area contributed by atoms with Gasteiger partial charge in [-0.05, 0) is 62.1 Å². The second-order valence-corrected chi connectivity index (χ2v) is 6.41. The maximum Gasteiger partial charge on any atom is 0.146 e. The minimum atomic E-state index is -0.359. The molecule has 2 aromatic rings. The van der Waals surface area contributed by atoms with Crippen LogP contribution in [-0.2, 0) is 6.54 Å². The average Bonchev–Trinajstić information content (AvgIpc) is 2.57. The Hall–Kier alpha value is -1.98. The molecule has 1 unspecified atom stereocenters. The SMILES string of the molecule is Cc1cc(-c2ccc(F)c(CN[C@H](C)C(C)CO)n2)cc(C)c1O. The number of hydrogen-bond acceptors (Lipinski definition) is 4. The maximum absolute atomic E-state index is 14.0. The van der Waals surface area contributed by atoms with E-state index in [1.807, 2.05) is 39.8 Å². The van der Waals surface area contributed by atoms with E-state index in [-0.39, 0.29) is 30.1 Å². The maximum atomic E-state index is 14.0. The summed E-state index contributed by atoms with van der Waals surface area (Å²) in [7, 11) is 0. The fourth-order valence-electron chi connectivity index (χ4n) is 2.49. The number of phenols is 1. The van der Waals surface area contributed by atoms with Crippen molar-refractivity contribution in [3.8, 4) is 17.0 Å². The van der Waals surface area contributed by atoms with E-state index < -0.39 is 0 Å². The molecule has 0 saturated heterocycles. The second kappa shape index (κ2) is 7.73. The molecule has 0 saturated carbocycles. The van der Waals surface area contributed by atoms with Crippen molar-refractivity contribution >= 4 is 0 Å². The lowest BCUT2D eigenvalue weighted by Crippen LogP contribution is -2.33. The second-order valence-electron chi connectivity index (χ2n) is 6.41. The number of hydrogen-bond donors (Lipinski definition) is 3. The van der Waals surface area contributed by atoms with Crippen LogP contribution in [0, 0.1) is 25.6 Å². The van der Waals surface area contributed by atoms with E-state index >= 15 is 0 Å². The van der Waals surface area contributed by atoms with Crippen LogP contribution in [0.25, 0.3) is 11.3 Å². The summed E-state index contributed by atoms with van der Waals surface area (Å²) in [5, 5.41) is 22.3. The van der Waals surface area contributed by atoms with Crippen LogP contribution >= 0.6 is 0 Å². The Morgan fingerprint density at radius 2 is 1.79 bits per heavy atom. The highest BCUT2D eigenvalue weighted by molar-refractivity contribution is 5.64. The molecule has 0 aliphatic heterocycles. The predicted octanol–water partition coefficient (Wildman–Crippen LogP) is 3.32. The van der Waals surface area contributed by atoms with Crippen molar-refractivity contribution in [3.63, 3.8) is 0 Å². The summed E-state index contributed by atoms with van der Waals surface area (Å²) in [6.45, 7) is 7.91. The van der Waals surface area contributed by atoms with Crippen LogP contribution in [0.3, 0.4) is 0 Å². The third-order valence-electron chi connectivity index (χ3n) is 4.44. The molecule has 2 rings (SSSR count). The van der Waals surface area contributed by atoms with Crippen molar-refractivity contribution < 1.29 is 14.6 Å². The van der Waals surface area contributed by atoms with Crippen LogP contribution in [0.4, 0.5) is 4.39 Å². The molecule has 4 nitrogen and oxygen atoms in total. The van der Waals surface area contributed by atoms with E-state index in [4.69, 9.17) is 0 Å². The summed E-state index contributed by atoms with van der Waals surface area (Å²) >= 11 is 0. The van der Waals surface area contributed by atoms with E-state index in [0.29, 0.717) is 17.9 Å². The minimum Gasteiger partial charge on any atom is -0.507 e. The van der Waals surface area contributed by atoms with Crippen molar-refractivity contribution in [2.45, 2.75) is 40.3 Å². The average molecular weight is 332 g/mol. The fraction of sp³-hybridized carbons (Fsp3) is 0.421. The molecule has 1 heterocycles. The number of nitrogens with zero attached hydrogens (tertiary/aromatic N) is 1. The molecule has 0 fully saturated rings. The topological polar surface area (TPSA) is 65.4 Å². The lowest BCUT2D eigenvalue weighted by molar-refractivity contribution is 0.206. The van der Waals surface area contributed by atoms with Crippen molar-refractivity contribution in [2.24, 2.45) is 5.92 Å². The predicted molar refractivity (Wildman–Crippen MR) is 93.3 cm³/mol. The molecule has 0 bridgehead atoms. The monoisotopic (exact) mass is 332 g/mol. The lowest BCUT2D eigenvalue weighted by atomic mass is 10.0. The molecular formula is C19H25FN2O2. The van der Waals surface area contributed by atoms with Crippen LogP contribution in [0.1, 0.15) is 30.7 Å². The molecule has 3 N–H and O–H groups in total. The van der Waals surface area contributed by atoms with Gasteiger partial charge in [0.2, 0.25) is 0 Å². The van der Waals surface area contributed by atoms with Crippen molar-refractivity contribution in [1.29, 1.82) is 0 Å². The first kappa shape index (κ1) is 18.4. The summed E-state index contributed by atoms with van der Waals surface area (Å²) in [5.41, 5.74) is 3.39. The first-order valence-electron chi connectivity index (χ1n) is 8.13. The third-order valence-corrected chi connectivity index (χ3v) is 4.44. The number of aromatic hydroxyl groups is 1. The highest BCUT2D eigenvalue weighted by Crippen LogP contribution is 2.28. The number of aryl methyl sites for hydroxylation is 2. The standard InChI is InChI=1S/C19H25FN2O2/c1-11-7-15(8-12(2)19(11)24)17-6-5-16(20)18(22-17)9-21-14(4)13(3)10-23/h5-8,13-14,21,23-24H,9-10H2,1-4H3/t13?,14-/m1/s1. The molecule has 0 radical (unpaired) electrons. The van der Waals surface area contributed by atoms with Gasteiger partial charge in [0.15, 0.2) is 0 Å². The molecule has 1 aromatic heterocycles. The van der Waals surface area contributed by atoms with Crippen molar-refractivity contribution in [3.05, 3.63) is 46.9 Å². The number of halogens is 1. The Labute approximate surface area is 142 Å². The number of nitrogens with one attached hydrogen (secondary N) is 1. The van der Waals surface area contributed by atoms with Gasteiger partial charge in [0.05, 0.1) is 11.4 Å². The van der Waals surface area contributed by atoms with E-state index in [2.05, 4.69) is 10.3 Å². The molecule has 0 amide bonds. The van der Waals surface area contributed by atoms with Gasteiger partial charge < -0.3 is 15.5 Å². The molecule has 1 aromatic carbocycles. The van der Waals surface area contributed by atoms with Gasteiger partial charge in [-0.1, -0.05) is 6.92 Å².